The Morgan fingerprint density at radius 3 is 2.43 bits per heavy atom. The first-order valence-electron chi connectivity index (χ1n) is 9.05. The molecule has 0 bridgehead atoms. The van der Waals surface area contributed by atoms with Gasteiger partial charge in [-0.1, -0.05) is 52.8 Å². The zero-order chi connectivity index (χ0) is 17.0. The van der Waals surface area contributed by atoms with Crippen molar-refractivity contribution in [1.82, 2.24) is 0 Å². The van der Waals surface area contributed by atoms with Gasteiger partial charge in [-0.15, -0.1) is 0 Å². The Kier molecular flexibility index (Phi) is 4.27. The van der Waals surface area contributed by atoms with Crippen LogP contribution in [0, 0.1) is 5.41 Å². The fourth-order valence-electron chi connectivity index (χ4n) is 3.65. The van der Waals surface area contributed by atoms with Crippen molar-refractivity contribution in [2.45, 2.75) is 84.3 Å². The second kappa shape index (κ2) is 5.71. The monoisotopic (exact) mass is 332 g/mol. The van der Waals surface area contributed by atoms with Crippen molar-refractivity contribution >= 4 is 9.04 Å². The van der Waals surface area contributed by atoms with Crippen LogP contribution < -0.4 is 0 Å². The maximum atomic E-state index is 6.56. The van der Waals surface area contributed by atoms with Crippen LogP contribution in [0.4, 0.5) is 0 Å². The summed E-state index contributed by atoms with van der Waals surface area (Å²) in [5.41, 5.74) is 4.55. The Bertz CT molecular complexity index is 588. The standard InChI is InChI=1S/C20H32O2Si/c1-13-20(5,6)18(21-13)16-10-8-9-15-14(16)11-12-17(15)22-23(7)19(2,3)4/h8-10,13,17-18,23H,11-12H2,1-7H3/t13?,17-,18?,23?/m0/s1. The molecular weight excluding hydrogens is 300 g/mol. The van der Waals surface area contributed by atoms with Crippen LogP contribution in [0.1, 0.15) is 76.9 Å². The van der Waals surface area contributed by atoms with Gasteiger partial charge in [-0.2, -0.15) is 0 Å². The molecule has 4 atom stereocenters. The van der Waals surface area contributed by atoms with Crippen LogP contribution >= 0.6 is 0 Å². The SMILES string of the molecule is CC1OC(c2cccc3c2CC[C@@H]3O[SiH](C)C(C)(C)C)C1(C)C. The van der Waals surface area contributed by atoms with Gasteiger partial charge in [0.15, 0.2) is 9.04 Å². The molecule has 3 rings (SSSR count). The summed E-state index contributed by atoms with van der Waals surface area (Å²) in [6, 6.07) is 6.74. The van der Waals surface area contributed by atoms with Gasteiger partial charge in [-0.05, 0) is 48.0 Å². The lowest BCUT2D eigenvalue weighted by Gasteiger charge is -2.51. The molecule has 23 heavy (non-hydrogen) atoms. The molecule has 0 radical (unpaired) electrons. The van der Waals surface area contributed by atoms with E-state index in [-0.39, 0.29) is 11.5 Å². The van der Waals surface area contributed by atoms with Crippen LogP contribution in [0.2, 0.25) is 11.6 Å². The van der Waals surface area contributed by atoms with Crippen LogP contribution in [0.15, 0.2) is 18.2 Å². The Labute approximate surface area is 143 Å². The molecular formula is C20H32O2Si. The van der Waals surface area contributed by atoms with E-state index in [0.29, 0.717) is 17.2 Å². The zero-order valence-corrected chi connectivity index (χ0v) is 16.9. The van der Waals surface area contributed by atoms with Gasteiger partial charge in [0.05, 0.1) is 18.3 Å². The van der Waals surface area contributed by atoms with E-state index in [1.807, 2.05) is 0 Å². The molecule has 1 heterocycles. The topological polar surface area (TPSA) is 18.5 Å². The Morgan fingerprint density at radius 2 is 1.87 bits per heavy atom. The van der Waals surface area contributed by atoms with Crippen molar-refractivity contribution in [1.29, 1.82) is 0 Å². The van der Waals surface area contributed by atoms with E-state index in [4.69, 9.17) is 9.16 Å². The van der Waals surface area contributed by atoms with E-state index in [1.54, 1.807) is 0 Å². The van der Waals surface area contributed by atoms with Gasteiger partial charge in [-0.3, -0.25) is 0 Å². The van der Waals surface area contributed by atoms with Crippen molar-refractivity contribution in [2.75, 3.05) is 0 Å². The van der Waals surface area contributed by atoms with Crippen LogP contribution in [-0.2, 0) is 15.6 Å². The quantitative estimate of drug-likeness (QED) is 0.696. The molecule has 1 saturated heterocycles. The normalized spacial score (nSPS) is 30.7. The summed E-state index contributed by atoms with van der Waals surface area (Å²) in [4.78, 5) is 0. The molecule has 0 amide bonds. The third-order valence-electron chi connectivity index (χ3n) is 6.19. The second-order valence-corrected chi connectivity index (χ2v) is 12.4. The summed E-state index contributed by atoms with van der Waals surface area (Å²) in [6.45, 7) is 16.1. The van der Waals surface area contributed by atoms with E-state index in [1.165, 1.54) is 16.7 Å². The minimum Gasteiger partial charge on any atom is -0.413 e. The van der Waals surface area contributed by atoms with E-state index in [2.05, 4.69) is 66.3 Å². The van der Waals surface area contributed by atoms with Gasteiger partial charge >= 0.3 is 0 Å². The van der Waals surface area contributed by atoms with Crippen LogP contribution in [-0.4, -0.2) is 15.1 Å². The van der Waals surface area contributed by atoms with Crippen molar-refractivity contribution in [3.05, 3.63) is 34.9 Å². The highest BCUT2D eigenvalue weighted by Gasteiger charge is 2.49. The highest BCUT2D eigenvalue weighted by Crippen LogP contribution is 2.53. The number of ether oxygens (including phenoxy) is 1. The molecule has 0 N–H and O–H groups in total. The fourth-order valence-corrected chi connectivity index (χ4v) is 4.84. The van der Waals surface area contributed by atoms with Gasteiger partial charge in [0.1, 0.15) is 0 Å². The number of rotatable bonds is 3. The molecule has 1 fully saturated rings. The zero-order valence-electron chi connectivity index (χ0n) is 15.8. The molecule has 128 valence electrons. The molecule has 2 aliphatic rings. The summed E-state index contributed by atoms with van der Waals surface area (Å²) < 4.78 is 12.7. The molecule has 1 aliphatic heterocycles. The number of hydrogen-bond acceptors (Lipinski definition) is 2. The summed E-state index contributed by atoms with van der Waals surface area (Å²) in [5.74, 6) is 0. The van der Waals surface area contributed by atoms with Crippen molar-refractivity contribution < 1.29 is 9.16 Å². The Balaban J connectivity index is 1.84. The molecule has 3 unspecified atom stereocenters. The lowest BCUT2D eigenvalue weighted by atomic mass is 9.72. The third kappa shape index (κ3) is 2.92. The fraction of sp³-hybridized carbons (Fsp3) is 0.700. The number of hydrogen-bond donors (Lipinski definition) is 0. The van der Waals surface area contributed by atoms with Crippen molar-refractivity contribution in [2.24, 2.45) is 5.41 Å². The minimum atomic E-state index is -1.20. The van der Waals surface area contributed by atoms with Crippen LogP contribution in [0.25, 0.3) is 0 Å². The second-order valence-electron chi connectivity index (χ2n) is 9.07. The minimum absolute atomic E-state index is 0.224. The maximum absolute atomic E-state index is 6.56. The molecule has 1 aromatic carbocycles. The van der Waals surface area contributed by atoms with Crippen molar-refractivity contribution in [3.8, 4) is 0 Å². The highest BCUT2D eigenvalue weighted by atomic mass is 28.3. The van der Waals surface area contributed by atoms with E-state index < -0.39 is 9.04 Å². The Morgan fingerprint density at radius 1 is 1.22 bits per heavy atom. The molecule has 3 heteroatoms. The first kappa shape index (κ1) is 17.2. The van der Waals surface area contributed by atoms with E-state index >= 15 is 0 Å². The molecule has 2 nitrogen and oxygen atoms in total. The average Bonchev–Trinajstić information content (AvgIpc) is 2.87. The summed E-state index contributed by atoms with van der Waals surface area (Å²) in [7, 11) is -1.20. The third-order valence-corrected chi connectivity index (χ3v) is 9.36. The smallest absolute Gasteiger partial charge is 0.180 e. The van der Waals surface area contributed by atoms with Gasteiger partial charge < -0.3 is 9.16 Å². The van der Waals surface area contributed by atoms with Crippen LogP contribution in [0.5, 0.6) is 0 Å². The summed E-state index contributed by atoms with van der Waals surface area (Å²) in [5, 5.41) is 0.314. The average molecular weight is 333 g/mol. The Hall–Kier alpha value is -0.643. The lowest BCUT2D eigenvalue weighted by Crippen LogP contribution is -2.48. The molecule has 0 aromatic heterocycles. The van der Waals surface area contributed by atoms with Gasteiger partial charge in [0, 0.05) is 5.41 Å². The first-order chi connectivity index (χ1) is 10.6. The largest absolute Gasteiger partial charge is 0.413 e. The van der Waals surface area contributed by atoms with Gasteiger partial charge in [-0.25, -0.2) is 0 Å². The van der Waals surface area contributed by atoms with E-state index in [9.17, 15) is 0 Å². The van der Waals surface area contributed by atoms with Crippen molar-refractivity contribution in [3.63, 3.8) is 0 Å². The van der Waals surface area contributed by atoms with Gasteiger partial charge in [0.2, 0.25) is 0 Å². The number of benzene rings is 1. The van der Waals surface area contributed by atoms with Crippen LogP contribution in [0.3, 0.4) is 0 Å². The predicted molar refractivity (Wildman–Crippen MR) is 98.4 cm³/mol. The van der Waals surface area contributed by atoms with E-state index in [0.717, 1.165) is 12.8 Å². The van der Waals surface area contributed by atoms with Gasteiger partial charge in [0.25, 0.3) is 0 Å². The molecule has 0 spiro atoms. The summed E-state index contributed by atoms with van der Waals surface area (Å²) >= 11 is 0. The lowest BCUT2D eigenvalue weighted by molar-refractivity contribution is -0.230. The predicted octanol–water partition coefficient (Wildman–Crippen LogP) is 5.33. The molecule has 1 aliphatic carbocycles. The highest BCUT2D eigenvalue weighted by molar-refractivity contribution is 6.53. The summed E-state index contributed by atoms with van der Waals surface area (Å²) in [6.07, 6.45) is 3.13. The first-order valence-corrected chi connectivity index (χ1v) is 11.3. The molecule has 1 aromatic rings. The number of fused-ring (bicyclic) bond motifs is 1. The maximum Gasteiger partial charge on any atom is 0.180 e. The molecule has 0 saturated carbocycles.